The third-order valence-corrected chi connectivity index (χ3v) is 5.24. The lowest BCUT2D eigenvalue weighted by Crippen LogP contribution is -2.59. The van der Waals surface area contributed by atoms with Crippen molar-refractivity contribution < 1.29 is 29.9 Å². The van der Waals surface area contributed by atoms with Crippen molar-refractivity contribution in [1.82, 2.24) is 0 Å². The van der Waals surface area contributed by atoms with Gasteiger partial charge in [0.2, 0.25) is 0 Å². The summed E-state index contributed by atoms with van der Waals surface area (Å²) in [6.45, 7) is -0.226. The molecule has 2 aliphatic rings. The Morgan fingerprint density at radius 3 is 1.96 bits per heavy atom. The van der Waals surface area contributed by atoms with E-state index < -0.39 is 37.3 Å². The highest BCUT2D eigenvalue weighted by Crippen LogP contribution is 2.44. The first-order chi connectivity index (χ1) is 12.6. The molecule has 2 aromatic carbocycles. The van der Waals surface area contributed by atoms with Crippen molar-refractivity contribution in [3.8, 4) is 11.1 Å². The molecular formula is C20H22O6. The quantitative estimate of drug-likeness (QED) is 0.639. The smallest absolute Gasteiger partial charge is 0.186 e. The first-order valence-corrected chi connectivity index (χ1v) is 8.72. The van der Waals surface area contributed by atoms with Crippen LogP contribution in [0.4, 0.5) is 0 Å². The highest BCUT2D eigenvalue weighted by Gasteiger charge is 2.44. The van der Waals surface area contributed by atoms with Gasteiger partial charge in [-0.15, -0.1) is 0 Å². The van der Waals surface area contributed by atoms with Gasteiger partial charge in [-0.1, -0.05) is 48.5 Å². The second-order valence-electron chi connectivity index (χ2n) is 6.76. The van der Waals surface area contributed by atoms with E-state index in [-0.39, 0.29) is 12.5 Å². The number of aliphatic hydroxyl groups excluding tert-OH is 4. The molecule has 6 heteroatoms. The maximum absolute atomic E-state index is 10.1. The van der Waals surface area contributed by atoms with E-state index in [2.05, 4.69) is 24.3 Å². The van der Waals surface area contributed by atoms with E-state index in [4.69, 9.17) is 9.47 Å². The maximum Gasteiger partial charge on any atom is 0.186 e. The molecule has 0 aromatic heterocycles. The highest BCUT2D eigenvalue weighted by atomic mass is 16.7. The summed E-state index contributed by atoms with van der Waals surface area (Å²) in [6.07, 6.45) is -6.30. The lowest BCUT2D eigenvalue weighted by atomic mass is 9.97. The van der Waals surface area contributed by atoms with Crippen molar-refractivity contribution in [3.05, 3.63) is 59.7 Å². The lowest BCUT2D eigenvalue weighted by molar-refractivity contribution is -0.301. The molecule has 1 aliphatic heterocycles. The van der Waals surface area contributed by atoms with Gasteiger partial charge in [0.25, 0.3) is 0 Å². The van der Waals surface area contributed by atoms with E-state index in [1.807, 2.05) is 24.3 Å². The molecule has 0 bridgehead atoms. The number of rotatable bonds is 4. The SMILES string of the molecule is OC[C@H]1O[C@@H](OCC2c3ccccc3-c3ccccc32)[C@H](O)[C@@H](O)[C@H]1O. The summed E-state index contributed by atoms with van der Waals surface area (Å²) >= 11 is 0. The number of fused-ring (bicyclic) bond motifs is 3. The van der Waals surface area contributed by atoms with Crippen LogP contribution in [0.3, 0.4) is 0 Å². The van der Waals surface area contributed by atoms with Gasteiger partial charge in [-0.2, -0.15) is 0 Å². The molecule has 26 heavy (non-hydrogen) atoms. The molecule has 6 nitrogen and oxygen atoms in total. The van der Waals surface area contributed by atoms with Gasteiger partial charge in [-0.25, -0.2) is 0 Å². The topological polar surface area (TPSA) is 99.4 Å². The van der Waals surface area contributed by atoms with Crippen LogP contribution < -0.4 is 0 Å². The minimum absolute atomic E-state index is 0.0187. The van der Waals surface area contributed by atoms with Crippen molar-refractivity contribution in [3.63, 3.8) is 0 Å². The zero-order valence-electron chi connectivity index (χ0n) is 14.1. The van der Waals surface area contributed by atoms with Crippen LogP contribution in [0.2, 0.25) is 0 Å². The van der Waals surface area contributed by atoms with E-state index in [1.54, 1.807) is 0 Å². The van der Waals surface area contributed by atoms with Crippen LogP contribution in [-0.2, 0) is 9.47 Å². The van der Waals surface area contributed by atoms with Gasteiger partial charge in [-0.3, -0.25) is 0 Å². The van der Waals surface area contributed by atoms with Crippen LogP contribution >= 0.6 is 0 Å². The van der Waals surface area contributed by atoms with E-state index in [0.717, 1.165) is 22.3 Å². The fraction of sp³-hybridized carbons (Fsp3) is 0.400. The van der Waals surface area contributed by atoms with E-state index in [0.29, 0.717) is 0 Å². The second-order valence-corrected chi connectivity index (χ2v) is 6.76. The van der Waals surface area contributed by atoms with Gasteiger partial charge in [0.15, 0.2) is 6.29 Å². The van der Waals surface area contributed by atoms with Gasteiger partial charge >= 0.3 is 0 Å². The predicted molar refractivity (Wildman–Crippen MR) is 93.4 cm³/mol. The third kappa shape index (κ3) is 2.85. The van der Waals surface area contributed by atoms with Crippen LogP contribution in [0.1, 0.15) is 17.0 Å². The number of ether oxygens (including phenoxy) is 2. The Morgan fingerprint density at radius 2 is 1.38 bits per heavy atom. The lowest BCUT2D eigenvalue weighted by Gasteiger charge is -2.39. The van der Waals surface area contributed by atoms with Crippen LogP contribution in [0.25, 0.3) is 11.1 Å². The fourth-order valence-electron chi connectivity index (χ4n) is 3.84. The molecule has 1 saturated heterocycles. The van der Waals surface area contributed by atoms with E-state index in [9.17, 15) is 20.4 Å². The van der Waals surface area contributed by atoms with Crippen molar-refractivity contribution in [1.29, 1.82) is 0 Å². The van der Waals surface area contributed by atoms with Gasteiger partial charge in [0.1, 0.15) is 24.4 Å². The van der Waals surface area contributed by atoms with Crippen LogP contribution in [0.15, 0.2) is 48.5 Å². The maximum atomic E-state index is 10.1. The Balaban J connectivity index is 1.55. The van der Waals surface area contributed by atoms with Gasteiger partial charge < -0.3 is 29.9 Å². The summed E-state index contributed by atoms with van der Waals surface area (Å²) in [5.41, 5.74) is 4.59. The molecule has 138 valence electrons. The molecule has 4 rings (SSSR count). The van der Waals surface area contributed by atoms with Crippen molar-refractivity contribution in [2.45, 2.75) is 36.6 Å². The van der Waals surface area contributed by atoms with Crippen molar-refractivity contribution in [2.24, 2.45) is 0 Å². The van der Waals surface area contributed by atoms with Crippen LogP contribution in [-0.4, -0.2) is 64.3 Å². The number of hydrogen-bond donors (Lipinski definition) is 4. The van der Waals surface area contributed by atoms with Gasteiger partial charge in [0.05, 0.1) is 13.2 Å². The first kappa shape index (κ1) is 17.6. The highest BCUT2D eigenvalue weighted by molar-refractivity contribution is 5.78. The molecule has 1 aliphatic carbocycles. The molecule has 2 aromatic rings. The van der Waals surface area contributed by atoms with Crippen molar-refractivity contribution in [2.75, 3.05) is 13.2 Å². The first-order valence-electron chi connectivity index (χ1n) is 8.72. The summed E-state index contributed by atoms with van der Waals surface area (Å²) in [4.78, 5) is 0. The average Bonchev–Trinajstić information content (AvgIpc) is 3.00. The Labute approximate surface area is 151 Å². The largest absolute Gasteiger partial charge is 0.394 e. The molecule has 4 N–H and O–H groups in total. The molecular weight excluding hydrogens is 336 g/mol. The zero-order chi connectivity index (χ0) is 18.3. The average molecular weight is 358 g/mol. The second kappa shape index (κ2) is 7.08. The fourth-order valence-corrected chi connectivity index (χ4v) is 3.84. The normalized spacial score (nSPS) is 30.8. The molecule has 0 amide bonds. The van der Waals surface area contributed by atoms with E-state index in [1.165, 1.54) is 0 Å². The molecule has 1 fully saturated rings. The predicted octanol–water partition coefficient (Wildman–Crippen LogP) is 0.615. The molecule has 1 heterocycles. The van der Waals surface area contributed by atoms with Crippen LogP contribution in [0, 0.1) is 0 Å². The van der Waals surface area contributed by atoms with Crippen molar-refractivity contribution >= 4 is 0 Å². The zero-order valence-corrected chi connectivity index (χ0v) is 14.1. The molecule has 5 atom stereocenters. The number of aliphatic hydroxyl groups is 4. The van der Waals surface area contributed by atoms with Gasteiger partial charge in [0, 0.05) is 5.92 Å². The Hall–Kier alpha value is -1.80. The summed E-state index contributed by atoms with van der Waals surface area (Å²) in [5, 5.41) is 39.2. The molecule has 0 saturated carbocycles. The summed E-state index contributed by atoms with van der Waals surface area (Å²) < 4.78 is 11.2. The number of benzene rings is 2. The minimum Gasteiger partial charge on any atom is -0.394 e. The summed E-state index contributed by atoms with van der Waals surface area (Å²) in [6, 6.07) is 16.2. The van der Waals surface area contributed by atoms with Gasteiger partial charge in [-0.05, 0) is 22.3 Å². The molecule has 0 radical (unpaired) electrons. The monoisotopic (exact) mass is 358 g/mol. The Kier molecular flexibility index (Phi) is 4.79. The minimum atomic E-state index is -1.44. The number of hydrogen-bond acceptors (Lipinski definition) is 6. The Morgan fingerprint density at radius 1 is 0.808 bits per heavy atom. The standard InChI is InChI=1S/C20H22O6/c21-9-16-17(22)18(23)19(24)20(26-16)25-10-15-13-7-3-1-5-11(13)12-6-2-4-8-14(12)15/h1-8,15-24H,9-10H2/t16-,17+,18+,19-,20-/m1/s1. The van der Waals surface area contributed by atoms with E-state index >= 15 is 0 Å². The molecule has 0 unspecified atom stereocenters. The summed E-state index contributed by atoms with van der Waals surface area (Å²) in [7, 11) is 0. The molecule has 0 spiro atoms. The van der Waals surface area contributed by atoms with Crippen LogP contribution in [0.5, 0.6) is 0 Å². The third-order valence-electron chi connectivity index (χ3n) is 5.24. The Bertz CT molecular complexity index is 731. The summed E-state index contributed by atoms with van der Waals surface area (Å²) in [5.74, 6) is -0.0187.